The Labute approximate surface area is 171 Å². The fourth-order valence-electron chi connectivity index (χ4n) is 3.04. The van der Waals surface area contributed by atoms with Gasteiger partial charge in [-0.15, -0.1) is 0 Å². The lowest BCUT2D eigenvalue weighted by atomic mass is 10.1. The van der Waals surface area contributed by atoms with Gasteiger partial charge < -0.3 is 4.74 Å². The van der Waals surface area contributed by atoms with E-state index in [-0.39, 0.29) is 31.9 Å². The van der Waals surface area contributed by atoms with Crippen molar-refractivity contribution in [3.63, 3.8) is 0 Å². The molecule has 0 spiro atoms. The Bertz CT molecular complexity index is 1200. The number of rotatable bonds is 7. The average molecular weight is 431 g/mol. The van der Waals surface area contributed by atoms with Gasteiger partial charge in [0.1, 0.15) is 10.6 Å². The third-order valence-electron chi connectivity index (χ3n) is 4.49. The van der Waals surface area contributed by atoms with Crippen LogP contribution in [0.25, 0.3) is 0 Å². The van der Waals surface area contributed by atoms with E-state index in [0.29, 0.717) is 12.0 Å². The highest BCUT2D eigenvalue weighted by Crippen LogP contribution is 2.36. The zero-order valence-corrected chi connectivity index (χ0v) is 17.8. The Morgan fingerprint density at radius 1 is 0.690 bits per heavy atom. The molecule has 7 heteroatoms. The zero-order valence-electron chi connectivity index (χ0n) is 16.2. The largest absolute Gasteiger partial charge is 0.492 e. The number of aryl methyl sites for hydroxylation is 1. The molecule has 5 nitrogen and oxygen atoms in total. The lowest BCUT2D eigenvalue weighted by Gasteiger charge is -2.16. The molecule has 152 valence electrons. The van der Waals surface area contributed by atoms with Crippen LogP contribution in [0.2, 0.25) is 0 Å². The fourth-order valence-corrected chi connectivity index (χ4v) is 6.13. The van der Waals surface area contributed by atoms with Crippen LogP contribution in [0.5, 0.6) is 5.75 Å². The molecule has 0 heterocycles. The van der Waals surface area contributed by atoms with Crippen molar-refractivity contribution in [2.24, 2.45) is 0 Å². The molecule has 0 aliphatic rings. The van der Waals surface area contributed by atoms with Crippen molar-refractivity contribution in [3.05, 3.63) is 78.4 Å². The predicted octanol–water partition coefficient (Wildman–Crippen LogP) is 4.31. The minimum absolute atomic E-state index is 0.0239. The summed E-state index contributed by atoms with van der Waals surface area (Å²) >= 11 is 0. The average Bonchev–Trinajstić information content (AvgIpc) is 2.74. The van der Waals surface area contributed by atoms with Gasteiger partial charge in [0.2, 0.25) is 19.7 Å². The Hall–Kier alpha value is -2.64. The number of hydrogen-bond acceptors (Lipinski definition) is 5. The van der Waals surface area contributed by atoms with E-state index in [1.807, 2.05) is 6.92 Å². The normalized spacial score (nSPS) is 11.9. The predicted molar refractivity (Wildman–Crippen MR) is 111 cm³/mol. The first-order valence-electron chi connectivity index (χ1n) is 9.22. The van der Waals surface area contributed by atoms with E-state index in [4.69, 9.17) is 4.74 Å². The van der Waals surface area contributed by atoms with E-state index >= 15 is 0 Å². The summed E-state index contributed by atoms with van der Waals surface area (Å²) in [7, 11) is -7.87. The molecular formula is C22H22O5S2. The van der Waals surface area contributed by atoms with Crippen LogP contribution in [0.4, 0.5) is 0 Å². The molecule has 0 aliphatic carbocycles. The van der Waals surface area contributed by atoms with Crippen molar-refractivity contribution in [1.29, 1.82) is 0 Å². The summed E-state index contributed by atoms with van der Waals surface area (Å²) in [6, 6.07) is 18.6. The summed E-state index contributed by atoms with van der Waals surface area (Å²) in [6.45, 7) is 3.82. The van der Waals surface area contributed by atoms with Crippen LogP contribution >= 0.6 is 0 Å². The standard InChI is InChI=1S/C22H22O5S2/c1-3-17-15-20(27-4-2)22(29(25,26)19-13-9-6-10-14-19)16-21(17)28(23,24)18-11-7-5-8-12-18/h5-16H,3-4H2,1-2H3. The van der Waals surface area contributed by atoms with Crippen molar-refractivity contribution in [1.82, 2.24) is 0 Å². The molecule has 29 heavy (non-hydrogen) atoms. The van der Waals surface area contributed by atoms with E-state index in [9.17, 15) is 16.8 Å². The van der Waals surface area contributed by atoms with Crippen LogP contribution in [-0.2, 0) is 26.1 Å². The van der Waals surface area contributed by atoms with Crippen LogP contribution in [0, 0.1) is 0 Å². The van der Waals surface area contributed by atoms with Gasteiger partial charge in [0.25, 0.3) is 0 Å². The van der Waals surface area contributed by atoms with Crippen LogP contribution in [0.1, 0.15) is 19.4 Å². The first-order chi connectivity index (χ1) is 13.8. The van der Waals surface area contributed by atoms with Gasteiger partial charge in [0.05, 0.1) is 21.3 Å². The summed E-state index contributed by atoms with van der Waals surface area (Å²) < 4.78 is 58.7. The summed E-state index contributed by atoms with van der Waals surface area (Å²) in [5, 5.41) is 0. The molecule has 0 unspecified atom stereocenters. The maximum atomic E-state index is 13.3. The molecule has 3 rings (SSSR count). The van der Waals surface area contributed by atoms with Gasteiger partial charge in [-0.3, -0.25) is 0 Å². The molecule has 0 bridgehead atoms. The Kier molecular flexibility index (Phi) is 6.10. The molecule has 3 aromatic rings. The lowest BCUT2D eigenvalue weighted by molar-refractivity contribution is 0.330. The molecule has 0 saturated carbocycles. The van der Waals surface area contributed by atoms with Gasteiger partial charge in [0.15, 0.2) is 0 Å². The number of sulfone groups is 2. The van der Waals surface area contributed by atoms with E-state index < -0.39 is 19.7 Å². The lowest BCUT2D eigenvalue weighted by Crippen LogP contribution is -2.11. The number of hydrogen-bond donors (Lipinski definition) is 0. The Morgan fingerprint density at radius 3 is 1.62 bits per heavy atom. The first kappa shape index (κ1) is 21.1. The first-order valence-corrected chi connectivity index (χ1v) is 12.2. The van der Waals surface area contributed by atoms with Gasteiger partial charge in [0, 0.05) is 0 Å². The molecule has 0 N–H and O–H groups in total. The van der Waals surface area contributed by atoms with Gasteiger partial charge in [-0.05, 0) is 55.3 Å². The quantitative estimate of drug-likeness (QED) is 0.558. The van der Waals surface area contributed by atoms with Gasteiger partial charge >= 0.3 is 0 Å². The zero-order chi connectivity index (χ0) is 21.1. The fraction of sp³-hybridized carbons (Fsp3) is 0.182. The van der Waals surface area contributed by atoms with Crippen LogP contribution in [0.3, 0.4) is 0 Å². The van der Waals surface area contributed by atoms with Crippen LogP contribution in [0.15, 0.2) is 92.4 Å². The van der Waals surface area contributed by atoms with Crippen molar-refractivity contribution in [2.75, 3.05) is 6.61 Å². The molecular weight excluding hydrogens is 408 g/mol. The summed E-state index contributed by atoms with van der Waals surface area (Å²) in [5.74, 6) is 0.153. The highest BCUT2D eigenvalue weighted by atomic mass is 32.2. The summed E-state index contributed by atoms with van der Waals surface area (Å²) in [6.07, 6.45) is 0.410. The van der Waals surface area contributed by atoms with Crippen LogP contribution in [-0.4, -0.2) is 23.4 Å². The topological polar surface area (TPSA) is 77.5 Å². The van der Waals surface area contributed by atoms with E-state index in [0.717, 1.165) is 0 Å². The summed E-state index contributed by atoms with van der Waals surface area (Å²) in [5.41, 5.74) is 0.504. The van der Waals surface area contributed by atoms with Gasteiger partial charge in [-0.1, -0.05) is 43.3 Å². The van der Waals surface area contributed by atoms with E-state index in [1.54, 1.807) is 43.3 Å². The maximum absolute atomic E-state index is 13.3. The monoisotopic (exact) mass is 430 g/mol. The maximum Gasteiger partial charge on any atom is 0.210 e. The smallest absolute Gasteiger partial charge is 0.210 e. The molecule has 0 amide bonds. The highest BCUT2D eigenvalue weighted by Gasteiger charge is 2.29. The highest BCUT2D eigenvalue weighted by molar-refractivity contribution is 7.92. The minimum Gasteiger partial charge on any atom is -0.492 e. The third-order valence-corrected chi connectivity index (χ3v) is 8.14. The van der Waals surface area contributed by atoms with Crippen molar-refractivity contribution >= 4 is 19.7 Å². The molecule has 0 fully saturated rings. The third kappa shape index (κ3) is 4.06. The molecule has 0 saturated heterocycles. The molecule has 0 aromatic heterocycles. The van der Waals surface area contributed by atoms with Gasteiger partial charge in [-0.2, -0.15) is 0 Å². The molecule has 0 radical (unpaired) electrons. The van der Waals surface area contributed by atoms with E-state index in [1.165, 1.54) is 36.4 Å². The minimum atomic E-state index is -3.97. The van der Waals surface area contributed by atoms with Crippen molar-refractivity contribution < 1.29 is 21.6 Å². The number of ether oxygens (including phenoxy) is 1. The molecule has 0 atom stereocenters. The second-order valence-electron chi connectivity index (χ2n) is 6.33. The van der Waals surface area contributed by atoms with E-state index in [2.05, 4.69) is 0 Å². The second-order valence-corrected chi connectivity index (χ2v) is 10.2. The van der Waals surface area contributed by atoms with Crippen molar-refractivity contribution in [3.8, 4) is 5.75 Å². The molecule has 0 aliphatic heterocycles. The summed E-state index contributed by atoms with van der Waals surface area (Å²) in [4.78, 5) is 0.0107. The number of benzene rings is 3. The van der Waals surface area contributed by atoms with Crippen molar-refractivity contribution in [2.45, 2.75) is 39.9 Å². The molecule has 3 aromatic carbocycles. The van der Waals surface area contributed by atoms with Crippen LogP contribution < -0.4 is 4.74 Å². The Morgan fingerprint density at radius 2 is 1.17 bits per heavy atom. The SMILES string of the molecule is CCOc1cc(CC)c(S(=O)(=O)c2ccccc2)cc1S(=O)(=O)c1ccccc1. The van der Waals surface area contributed by atoms with Gasteiger partial charge in [-0.25, -0.2) is 16.8 Å². The Balaban J connectivity index is 2.31. The second kappa shape index (κ2) is 8.39.